The van der Waals surface area contributed by atoms with Gasteiger partial charge in [-0.1, -0.05) is 12.2 Å². The molecule has 2 aliphatic heterocycles. The first kappa shape index (κ1) is 5.48. The molecule has 2 rings (SSSR count). The minimum absolute atomic E-state index is 0.887. The molecule has 50 valence electrons. The maximum absolute atomic E-state index is 3.99. The highest BCUT2D eigenvalue weighted by molar-refractivity contribution is 5.09. The van der Waals surface area contributed by atoms with E-state index >= 15 is 0 Å². The van der Waals surface area contributed by atoms with E-state index in [4.69, 9.17) is 0 Å². The lowest BCUT2D eigenvalue weighted by Crippen LogP contribution is -2.21. The van der Waals surface area contributed by atoms with Crippen LogP contribution in [0.4, 0.5) is 0 Å². The Morgan fingerprint density at radius 2 is 2.44 bits per heavy atom. The highest BCUT2D eigenvalue weighted by Gasteiger charge is 2.30. The van der Waals surface area contributed by atoms with Gasteiger partial charge in [0.2, 0.25) is 0 Å². The Labute approximate surface area is 56.4 Å². The summed E-state index contributed by atoms with van der Waals surface area (Å²) in [4.78, 5) is 2.56. The fourth-order valence-electron chi connectivity index (χ4n) is 2.02. The standard InChI is InChI=1S/C8H13N/c1-7-5-8-3-2-4-9(8)6-7/h8H,1-6H2. The predicted octanol–water partition coefficient (Wildman–Crippen LogP) is 1.41. The zero-order valence-corrected chi connectivity index (χ0v) is 5.77. The van der Waals surface area contributed by atoms with Crippen LogP contribution in [0, 0.1) is 0 Å². The topological polar surface area (TPSA) is 3.24 Å². The first-order chi connectivity index (χ1) is 4.36. The molecule has 0 bridgehead atoms. The predicted molar refractivity (Wildman–Crippen MR) is 38.4 cm³/mol. The number of hydrogen-bond acceptors (Lipinski definition) is 1. The average molecular weight is 123 g/mol. The van der Waals surface area contributed by atoms with Crippen LogP contribution < -0.4 is 0 Å². The Bertz CT molecular complexity index is 126. The molecule has 1 nitrogen and oxygen atoms in total. The summed E-state index contributed by atoms with van der Waals surface area (Å²) in [5.41, 5.74) is 1.44. The van der Waals surface area contributed by atoms with Gasteiger partial charge < -0.3 is 0 Å². The van der Waals surface area contributed by atoms with Gasteiger partial charge in [-0.2, -0.15) is 0 Å². The molecule has 0 saturated carbocycles. The number of hydrogen-bond donors (Lipinski definition) is 0. The van der Waals surface area contributed by atoms with Crippen LogP contribution in [-0.4, -0.2) is 24.0 Å². The Morgan fingerprint density at radius 1 is 1.56 bits per heavy atom. The summed E-state index contributed by atoms with van der Waals surface area (Å²) in [7, 11) is 0. The van der Waals surface area contributed by atoms with Crippen molar-refractivity contribution in [3.8, 4) is 0 Å². The molecule has 9 heavy (non-hydrogen) atoms. The van der Waals surface area contributed by atoms with Gasteiger partial charge in [-0.25, -0.2) is 0 Å². The molecule has 1 unspecified atom stereocenters. The van der Waals surface area contributed by atoms with Crippen molar-refractivity contribution in [2.75, 3.05) is 13.1 Å². The molecule has 0 amide bonds. The van der Waals surface area contributed by atoms with Gasteiger partial charge in [-0.05, 0) is 25.8 Å². The fourth-order valence-corrected chi connectivity index (χ4v) is 2.02. The largest absolute Gasteiger partial charge is 0.296 e. The van der Waals surface area contributed by atoms with Crippen molar-refractivity contribution in [2.24, 2.45) is 0 Å². The van der Waals surface area contributed by atoms with Gasteiger partial charge in [0.15, 0.2) is 0 Å². The lowest BCUT2D eigenvalue weighted by atomic mass is 10.1. The smallest absolute Gasteiger partial charge is 0.0193 e. The van der Waals surface area contributed by atoms with Crippen molar-refractivity contribution < 1.29 is 0 Å². The molecule has 0 aromatic heterocycles. The molecule has 0 radical (unpaired) electrons. The lowest BCUT2D eigenvalue weighted by Gasteiger charge is -2.11. The summed E-state index contributed by atoms with van der Waals surface area (Å²) in [6, 6.07) is 0.887. The van der Waals surface area contributed by atoms with Crippen LogP contribution in [-0.2, 0) is 0 Å². The Balaban J connectivity index is 2.09. The van der Waals surface area contributed by atoms with Crippen LogP contribution >= 0.6 is 0 Å². The summed E-state index contributed by atoms with van der Waals surface area (Å²) in [6.45, 7) is 6.50. The summed E-state index contributed by atoms with van der Waals surface area (Å²) in [6.07, 6.45) is 4.11. The first-order valence-corrected chi connectivity index (χ1v) is 3.77. The minimum atomic E-state index is 0.887. The normalized spacial score (nSPS) is 35.6. The molecule has 0 aromatic rings. The van der Waals surface area contributed by atoms with Crippen molar-refractivity contribution in [1.82, 2.24) is 4.90 Å². The van der Waals surface area contributed by atoms with Gasteiger partial charge in [-0.15, -0.1) is 0 Å². The van der Waals surface area contributed by atoms with Gasteiger partial charge in [-0.3, -0.25) is 4.90 Å². The first-order valence-electron chi connectivity index (χ1n) is 3.77. The van der Waals surface area contributed by atoms with Gasteiger partial charge in [0, 0.05) is 12.6 Å². The Morgan fingerprint density at radius 3 is 3.22 bits per heavy atom. The van der Waals surface area contributed by atoms with Crippen molar-refractivity contribution in [2.45, 2.75) is 25.3 Å². The SMILES string of the molecule is C=C1CC2CCCN2C1. The van der Waals surface area contributed by atoms with E-state index in [9.17, 15) is 0 Å². The number of fused-ring (bicyclic) bond motifs is 1. The van der Waals surface area contributed by atoms with Gasteiger partial charge in [0.1, 0.15) is 0 Å². The van der Waals surface area contributed by atoms with E-state index in [0.717, 1.165) is 6.04 Å². The molecular weight excluding hydrogens is 110 g/mol. The third-order valence-corrected chi connectivity index (χ3v) is 2.45. The van der Waals surface area contributed by atoms with E-state index in [1.54, 1.807) is 0 Å². The maximum Gasteiger partial charge on any atom is 0.0193 e. The third-order valence-electron chi connectivity index (χ3n) is 2.45. The lowest BCUT2D eigenvalue weighted by molar-refractivity contribution is 0.327. The summed E-state index contributed by atoms with van der Waals surface area (Å²) >= 11 is 0. The van der Waals surface area contributed by atoms with Crippen LogP contribution in [0.25, 0.3) is 0 Å². The second-order valence-electron chi connectivity index (χ2n) is 3.22. The van der Waals surface area contributed by atoms with Crippen LogP contribution in [0.15, 0.2) is 12.2 Å². The second-order valence-corrected chi connectivity index (χ2v) is 3.22. The summed E-state index contributed by atoms with van der Waals surface area (Å²) < 4.78 is 0. The van der Waals surface area contributed by atoms with E-state index in [1.807, 2.05) is 0 Å². The van der Waals surface area contributed by atoms with Crippen molar-refractivity contribution in [1.29, 1.82) is 0 Å². The number of rotatable bonds is 0. The van der Waals surface area contributed by atoms with E-state index in [2.05, 4.69) is 11.5 Å². The van der Waals surface area contributed by atoms with E-state index in [-0.39, 0.29) is 0 Å². The molecular formula is C8H13N. The minimum Gasteiger partial charge on any atom is -0.296 e. The molecule has 2 heterocycles. The summed E-state index contributed by atoms with van der Waals surface area (Å²) in [5.74, 6) is 0. The quantitative estimate of drug-likeness (QED) is 0.440. The van der Waals surface area contributed by atoms with Crippen LogP contribution in [0.1, 0.15) is 19.3 Å². The van der Waals surface area contributed by atoms with Crippen LogP contribution in [0.2, 0.25) is 0 Å². The third kappa shape index (κ3) is 0.799. The van der Waals surface area contributed by atoms with Gasteiger partial charge in [0.05, 0.1) is 0 Å². The second kappa shape index (κ2) is 1.84. The zero-order chi connectivity index (χ0) is 6.27. The average Bonchev–Trinajstić information content (AvgIpc) is 2.22. The molecule has 0 aliphatic carbocycles. The van der Waals surface area contributed by atoms with Gasteiger partial charge >= 0.3 is 0 Å². The fraction of sp³-hybridized carbons (Fsp3) is 0.750. The zero-order valence-electron chi connectivity index (χ0n) is 5.77. The molecule has 1 heteroatoms. The van der Waals surface area contributed by atoms with Crippen molar-refractivity contribution >= 4 is 0 Å². The maximum atomic E-state index is 3.99. The van der Waals surface area contributed by atoms with Crippen LogP contribution in [0.3, 0.4) is 0 Å². The molecule has 0 N–H and O–H groups in total. The highest BCUT2D eigenvalue weighted by atomic mass is 15.2. The molecule has 0 aromatic carbocycles. The molecule has 2 fully saturated rings. The van der Waals surface area contributed by atoms with Crippen LogP contribution in [0.5, 0.6) is 0 Å². The Kier molecular flexibility index (Phi) is 1.12. The Hall–Kier alpha value is -0.300. The van der Waals surface area contributed by atoms with Crippen molar-refractivity contribution in [3.63, 3.8) is 0 Å². The molecule has 2 saturated heterocycles. The molecule has 2 aliphatic rings. The van der Waals surface area contributed by atoms with Crippen molar-refractivity contribution in [3.05, 3.63) is 12.2 Å². The molecule has 0 spiro atoms. The summed E-state index contributed by atoms with van der Waals surface area (Å²) in [5, 5.41) is 0. The number of nitrogens with zero attached hydrogens (tertiary/aromatic N) is 1. The monoisotopic (exact) mass is 123 g/mol. The van der Waals surface area contributed by atoms with E-state index in [1.165, 1.54) is 37.9 Å². The van der Waals surface area contributed by atoms with E-state index in [0.29, 0.717) is 0 Å². The molecule has 1 atom stereocenters. The van der Waals surface area contributed by atoms with Gasteiger partial charge in [0.25, 0.3) is 0 Å². The highest BCUT2D eigenvalue weighted by Crippen LogP contribution is 2.29. The van der Waals surface area contributed by atoms with E-state index < -0.39 is 0 Å².